The highest BCUT2D eigenvalue weighted by Crippen LogP contribution is 2.40. The van der Waals surface area contributed by atoms with Gasteiger partial charge < -0.3 is 0 Å². The zero-order chi connectivity index (χ0) is 21.3. The molecule has 0 radical (unpaired) electrons. The van der Waals surface area contributed by atoms with Gasteiger partial charge in [0.15, 0.2) is 0 Å². The van der Waals surface area contributed by atoms with Gasteiger partial charge in [0, 0.05) is 34.0 Å². The van der Waals surface area contributed by atoms with Gasteiger partial charge in [-0.25, -0.2) is 13.8 Å². The number of benzene rings is 3. The maximum atomic E-state index is 14.6. The predicted molar refractivity (Wildman–Crippen MR) is 117 cm³/mol. The molecule has 1 aromatic heterocycles. The van der Waals surface area contributed by atoms with E-state index in [4.69, 9.17) is 23.2 Å². The largest absolute Gasteiger partial charge is 0.239 e. The van der Waals surface area contributed by atoms with Gasteiger partial charge in [-0.05, 0) is 36.4 Å². The Balaban J connectivity index is 1.92. The molecule has 3 aromatic carbocycles. The van der Waals surface area contributed by atoms with E-state index in [9.17, 15) is 14.0 Å². The zero-order valence-corrected chi connectivity index (χ0v) is 17.8. The Labute approximate surface area is 186 Å². The van der Waals surface area contributed by atoms with Gasteiger partial charge in [0.25, 0.3) is 0 Å². The Morgan fingerprint density at radius 1 is 0.867 bits per heavy atom. The number of halogens is 4. The van der Waals surface area contributed by atoms with E-state index >= 15 is 0 Å². The van der Waals surface area contributed by atoms with Crippen LogP contribution in [0.1, 0.15) is 16.1 Å². The summed E-state index contributed by atoms with van der Waals surface area (Å²) in [5, 5.41) is 11.2. The molecule has 0 aliphatic rings. The van der Waals surface area contributed by atoms with Crippen molar-refractivity contribution >= 4 is 44.8 Å². The van der Waals surface area contributed by atoms with Crippen LogP contribution in [-0.2, 0) is 18.3 Å². The van der Waals surface area contributed by atoms with Crippen LogP contribution in [-0.4, -0.2) is 4.98 Å². The smallest absolute Gasteiger partial charge is 0.127 e. The average molecular weight is 459 g/mol. The summed E-state index contributed by atoms with van der Waals surface area (Å²) in [5.41, 5.74) is -0.266. The van der Waals surface area contributed by atoms with Gasteiger partial charge in [0.2, 0.25) is 0 Å². The van der Waals surface area contributed by atoms with Crippen molar-refractivity contribution in [1.29, 1.82) is 5.26 Å². The Morgan fingerprint density at radius 3 is 1.93 bits per heavy atom. The lowest BCUT2D eigenvalue weighted by atomic mass is 9.78. The monoisotopic (exact) mass is 458 g/mol. The summed E-state index contributed by atoms with van der Waals surface area (Å²) >= 11 is 13.8. The van der Waals surface area contributed by atoms with Crippen molar-refractivity contribution in [3.8, 4) is 6.07 Å². The van der Waals surface area contributed by atoms with Crippen LogP contribution in [0.25, 0.3) is 10.2 Å². The molecule has 4 aromatic rings. The molecule has 2 nitrogen and oxygen atoms in total. The second-order valence-electron chi connectivity index (χ2n) is 6.93. The molecule has 0 fully saturated rings. The first kappa shape index (κ1) is 20.7. The summed E-state index contributed by atoms with van der Waals surface area (Å²) in [4.78, 5) is 4.63. The van der Waals surface area contributed by atoms with E-state index < -0.39 is 17.0 Å². The zero-order valence-electron chi connectivity index (χ0n) is 15.5. The third kappa shape index (κ3) is 3.79. The minimum atomic E-state index is -1.36. The Hall–Kier alpha value is -2.52. The first-order chi connectivity index (χ1) is 14.4. The maximum Gasteiger partial charge on any atom is 0.127 e. The molecular weight excluding hydrogens is 445 g/mol. The molecule has 30 heavy (non-hydrogen) atoms. The predicted octanol–water partition coefficient (Wildman–Crippen LogP) is 7.13. The number of hydrogen-bond acceptors (Lipinski definition) is 3. The fraction of sp³-hybridized carbons (Fsp3) is 0.130. The van der Waals surface area contributed by atoms with Crippen LogP contribution in [0.15, 0.2) is 60.7 Å². The lowest BCUT2D eigenvalue weighted by molar-refractivity contribution is 0.500. The van der Waals surface area contributed by atoms with Gasteiger partial charge in [0.05, 0.1) is 16.3 Å². The molecule has 7 heteroatoms. The molecule has 0 amide bonds. The standard InChI is InChI=1S/C23H14Cl2F2N2S/c24-16-5-3-7-18(26)14(16)11-23(13-28,12-15-17(25)6-4-8-19(15)27)22-29-20-9-1-2-10-21(20)30-22/h1-10H,11-12H2. The molecular formula is C23H14Cl2F2N2S. The van der Waals surface area contributed by atoms with Crippen molar-refractivity contribution in [3.63, 3.8) is 0 Å². The van der Waals surface area contributed by atoms with Gasteiger partial charge in [0.1, 0.15) is 22.1 Å². The average Bonchev–Trinajstić information content (AvgIpc) is 3.17. The minimum absolute atomic E-state index is 0.0699. The molecule has 0 unspecified atom stereocenters. The van der Waals surface area contributed by atoms with E-state index in [1.165, 1.54) is 35.6 Å². The number of para-hydroxylation sites is 1. The summed E-state index contributed by atoms with van der Waals surface area (Å²) in [6, 6.07) is 18.5. The Morgan fingerprint density at radius 2 is 1.43 bits per heavy atom. The fourth-order valence-electron chi connectivity index (χ4n) is 3.42. The molecule has 0 bridgehead atoms. The van der Waals surface area contributed by atoms with Crippen molar-refractivity contribution in [1.82, 2.24) is 4.98 Å². The van der Waals surface area contributed by atoms with E-state index in [-0.39, 0.29) is 34.0 Å². The summed E-state index contributed by atoms with van der Waals surface area (Å²) in [6.07, 6.45) is -0.140. The highest BCUT2D eigenvalue weighted by atomic mass is 35.5. The van der Waals surface area contributed by atoms with Gasteiger partial charge in [-0.15, -0.1) is 11.3 Å². The van der Waals surface area contributed by atoms with Gasteiger partial charge in [-0.3, -0.25) is 0 Å². The van der Waals surface area contributed by atoms with Crippen LogP contribution in [0, 0.1) is 23.0 Å². The number of rotatable bonds is 5. The summed E-state index contributed by atoms with van der Waals surface area (Å²) < 4.78 is 30.1. The molecule has 0 atom stereocenters. The SMILES string of the molecule is N#CC(Cc1c(F)cccc1Cl)(Cc1c(F)cccc1Cl)c1nc2ccccc2s1. The van der Waals surface area contributed by atoms with E-state index in [1.807, 2.05) is 24.3 Å². The highest BCUT2D eigenvalue weighted by molar-refractivity contribution is 7.18. The highest BCUT2D eigenvalue weighted by Gasteiger charge is 2.39. The summed E-state index contributed by atoms with van der Waals surface area (Å²) in [5.74, 6) is -1.05. The van der Waals surface area contributed by atoms with Crippen molar-refractivity contribution in [2.24, 2.45) is 0 Å². The van der Waals surface area contributed by atoms with Crippen LogP contribution in [0.4, 0.5) is 8.78 Å². The van der Waals surface area contributed by atoms with E-state index in [1.54, 1.807) is 12.1 Å². The van der Waals surface area contributed by atoms with Crippen molar-refractivity contribution in [2.45, 2.75) is 18.3 Å². The third-order valence-electron chi connectivity index (χ3n) is 5.00. The van der Waals surface area contributed by atoms with E-state index in [2.05, 4.69) is 11.1 Å². The Kier molecular flexibility index (Phi) is 5.75. The number of nitriles is 1. The number of fused-ring (bicyclic) bond motifs is 1. The first-order valence-corrected chi connectivity index (χ1v) is 10.6. The molecule has 150 valence electrons. The van der Waals surface area contributed by atoms with Gasteiger partial charge in [-0.1, -0.05) is 47.5 Å². The summed E-state index contributed by atoms with van der Waals surface area (Å²) in [7, 11) is 0. The van der Waals surface area contributed by atoms with Crippen LogP contribution in [0.2, 0.25) is 10.0 Å². The minimum Gasteiger partial charge on any atom is -0.239 e. The third-order valence-corrected chi connectivity index (χ3v) is 6.95. The normalized spacial score (nSPS) is 11.6. The Bertz CT molecular complexity index is 1150. The fourth-order valence-corrected chi connectivity index (χ4v) is 4.99. The van der Waals surface area contributed by atoms with Crippen molar-refractivity contribution in [2.75, 3.05) is 0 Å². The number of aromatic nitrogens is 1. The van der Waals surface area contributed by atoms with Crippen molar-refractivity contribution in [3.05, 3.63) is 98.5 Å². The molecule has 1 heterocycles. The van der Waals surface area contributed by atoms with Crippen molar-refractivity contribution < 1.29 is 8.78 Å². The maximum absolute atomic E-state index is 14.6. The van der Waals surface area contributed by atoms with Crippen LogP contribution in [0.5, 0.6) is 0 Å². The molecule has 4 rings (SSSR count). The van der Waals surface area contributed by atoms with Crippen LogP contribution < -0.4 is 0 Å². The molecule has 0 saturated carbocycles. The molecule has 0 aliphatic carbocycles. The molecule has 0 saturated heterocycles. The van der Waals surface area contributed by atoms with Crippen LogP contribution >= 0.6 is 34.5 Å². The molecule has 0 N–H and O–H groups in total. The molecule has 0 aliphatic heterocycles. The van der Waals surface area contributed by atoms with E-state index in [0.717, 1.165) is 10.2 Å². The van der Waals surface area contributed by atoms with Gasteiger partial charge in [-0.2, -0.15) is 5.26 Å². The van der Waals surface area contributed by atoms with Gasteiger partial charge >= 0.3 is 0 Å². The summed E-state index contributed by atoms with van der Waals surface area (Å²) in [6.45, 7) is 0. The van der Waals surface area contributed by atoms with Crippen LogP contribution in [0.3, 0.4) is 0 Å². The first-order valence-electron chi connectivity index (χ1n) is 9.06. The quantitative estimate of drug-likeness (QED) is 0.318. The lowest BCUT2D eigenvalue weighted by Gasteiger charge is -2.26. The number of hydrogen-bond donors (Lipinski definition) is 0. The second-order valence-corrected chi connectivity index (χ2v) is 8.78. The molecule has 0 spiro atoms. The second kappa shape index (κ2) is 8.31. The van der Waals surface area contributed by atoms with E-state index in [0.29, 0.717) is 5.01 Å². The number of thiazole rings is 1. The lowest BCUT2D eigenvalue weighted by Crippen LogP contribution is -2.31. The topological polar surface area (TPSA) is 36.7 Å². The number of nitrogens with zero attached hydrogens (tertiary/aromatic N) is 2.